The van der Waals surface area contributed by atoms with Crippen LogP contribution in [0.2, 0.25) is 0 Å². The normalized spacial score (nSPS) is 11.6. The molecule has 0 saturated heterocycles. The molecule has 2 aromatic heterocycles. The molecule has 0 saturated carbocycles. The van der Waals surface area contributed by atoms with Gasteiger partial charge in [-0.3, -0.25) is 0 Å². The van der Waals surface area contributed by atoms with Crippen LogP contribution in [0.15, 0.2) is 28.3 Å². The van der Waals surface area contributed by atoms with Crippen molar-refractivity contribution in [3.8, 4) is 10.4 Å². The van der Waals surface area contributed by atoms with Gasteiger partial charge in [-0.15, -0.1) is 11.3 Å². The first-order valence-electron chi connectivity index (χ1n) is 5.56. The van der Waals surface area contributed by atoms with E-state index in [1.54, 1.807) is 11.3 Å². The van der Waals surface area contributed by atoms with E-state index in [1.165, 1.54) is 0 Å². The van der Waals surface area contributed by atoms with Gasteiger partial charge >= 0.3 is 0 Å². The Morgan fingerprint density at radius 2 is 2.00 bits per heavy atom. The maximum Gasteiger partial charge on any atom is 0.223 e. The molecule has 2 aromatic rings. The van der Waals surface area contributed by atoms with E-state index in [9.17, 15) is 0 Å². The molecule has 0 aliphatic heterocycles. The van der Waals surface area contributed by atoms with E-state index in [0.717, 1.165) is 14.2 Å². The van der Waals surface area contributed by atoms with E-state index < -0.39 is 0 Å². The molecule has 4 nitrogen and oxygen atoms in total. The highest BCUT2D eigenvalue weighted by Gasteiger charge is 2.16. The molecule has 0 fully saturated rings. The Kier molecular flexibility index (Phi) is 3.99. The van der Waals surface area contributed by atoms with Crippen LogP contribution in [0.1, 0.15) is 13.8 Å². The minimum atomic E-state index is -0.201. The fraction of sp³-hybridized carbons (Fsp3) is 0.333. The average molecular weight is 327 g/mol. The Hall–Kier alpha value is -0.980. The van der Waals surface area contributed by atoms with Gasteiger partial charge in [-0.2, -0.15) is 0 Å². The van der Waals surface area contributed by atoms with E-state index in [0.29, 0.717) is 12.5 Å². The van der Waals surface area contributed by atoms with Crippen LogP contribution in [0.4, 0.5) is 5.95 Å². The van der Waals surface area contributed by atoms with Gasteiger partial charge in [0.2, 0.25) is 5.95 Å². The van der Waals surface area contributed by atoms with Crippen LogP contribution in [0, 0.1) is 0 Å². The summed E-state index contributed by atoms with van der Waals surface area (Å²) < 4.78 is 1.10. The van der Waals surface area contributed by atoms with Crippen molar-refractivity contribution in [2.75, 3.05) is 11.9 Å². The molecular weight excluding hydrogens is 312 g/mol. The molecule has 6 heteroatoms. The minimum absolute atomic E-state index is 0.201. The Labute approximate surface area is 119 Å². The molecule has 0 spiro atoms. The number of aromatic nitrogens is 2. The van der Waals surface area contributed by atoms with Crippen molar-refractivity contribution in [1.82, 2.24) is 9.97 Å². The summed E-state index contributed by atoms with van der Waals surface area (Å²) in [6.45, 7) is 4.55. The van der Waals surface area contributed by atoms with Crippen LogP contribution in [0.25, 0.3) is 10.4 Å². The van der Waals surface area contributed by atoms with Crippen LogP contribution >= 0.6 is 27.3 Å². The summed E-state index contributed by atoms with van der Waals surface area (Å²) in [6.07, 6.45) is 3.64. The van der Waals surface area contributed by atoms with Gasteiger partial charge in [0.05, 0.1) is 3.79 Å². The zero-order chi connectivity index (χ0) is 13.2. The van der Waals surface area contributed by atoms with Crippen molar-refractivity contribution in [1.29, 1.82) is 0 Å². The molecule has 0 aliphatic rings. The lowest BCUT2D eigenvalue weighted by atomic mass is 10.1. The maximum atomic E-state index is 5.66. The third-order valence-electron chi connectivity index (χ3n) is 2.47. The Morgan fingerprint density at radius 1 is 1.33 bits per heavy atom. The molecule has 2 rings (SSSR count). The molecule has 0 aliphatic carbocycles. The highest BCUT2D eigenvalue weighted by atomic mass is 79.9. The summed E-state index contributed by atoms with van der Waals surface area (Å²) in [5.41, 5.74) is 6.47. The lowest BCUT2D eigenvalue weighted by molar-refractivity contribution is 0.574. The van der Waals surface area contributed by atoms with Crippen LogP contribution in [-0.4, -0.2) is 22.1 Å². The van der Waals surface area contributed by atoms with Crippen molar-refractivity contribution in [3.63, 3.8) is 0 Å². The van der Waals surface area contributed by atoms with Gasteiger partial charge in [-0.1, -0.05) is 0 Å². The lowest BCUT2D eigenvalue weighted by Crippen LogP contribution is -2.39. The predicted octanol–water partition coefficient (Wildman–Crippen LogP) is 3.12. The number of hydrogen-bond donors (Lipinski definition) is 2. The highest BCUT2D eigenvalue weighted by molar-refractivity contribution is 9.11. The standard InChI is InChI=1S/C12H15BrN4S/c1-12(2,7-14)17-11-15-5-8(6-16-11)9-3-4-10(13)18-9/h3-6H,7,14H2,1-2H3,(H,15,16,17). The summed E-state index contributed by atoms with van der Waals surface area (Å²) >= 11 is 5.11. The summed E-state index contributed by atoms with van der Waals surface area (Å²) in [4.78, 5) is 9.77. The number of halogens is 1. The zero-order valence-corrected chi connectivity index (χ0v) is 12.7. The van der Waals surface area contributed by atoms with Gasteiger partial charge in [-0.05, 0) is 41.9 Å². The monoisotopic (exact) mass is 326 g/mol. The first kappa shape index (κ1) is 13.5. The van der Waals surface area contributed by atoms with Gasteiger partial charge in [0.15, 0.2) is 0 Å². The quantitative estimate of drug-likeness (QED) is 0.906. The van der Waals surface area contributed by atoms with Gasteiger partial charge in [0.25, 0.3) is 0 Å². The van der Waals surface area contributed by atoms with E-state index in [2.05, 4.69) is 31.2 Å². The number of thiophene rings is 1. The fourth-order valence-electron chi connectivity index (χ4n) is 1.34. The zero-order valence-electron chi connectivity index (χ0n) is 10.3. The second-order valence-electron chi connectivity index (χ2n) is 4.61. The average Bonchev–Trinajstić information content (AvgIpc) is 2.76. The van der Waals surface area contributed by atoms with Crippen molar-refractivity contribution in [2.45, 2.75) is 19.4 Å². The largest absolute Gasteiger partial charge is 0.348 e. The molecule has 0 unspecified atom stereocenters. The Morgan fingerprint density at radius 3 is 2.50 bits per heavy atom. The van der Waals surface area contributed by atoms with Gasteiger partial charge in [0, 0.05) is 34.9 Å². The molecule has 0 aromatic carbocycles. The second-order valence-corrected chi connectivity index (χ2v) is 7.08. The topological polar surface area (TPSA) is 63.8 Å². The summed E-state index contributed by atoms with van der Waals surface area (Å²) in [5.74, 6) is 0.602. The summed E-state index contributed by atoms with van der Waals surface area (Å²) in [5, 5.41) is 3.20. The molecule has 3 N–H and O–H groups in total. The van der Waals surface area contributed by atoms with E-state index in [4.69, 9.17) is 5.73 Å². The molecule has 96 valence electrons. The number of nitrogens with zero attached hydrogens (tertiary/aromatic N) is 2. The first-order valence-corrected chi connectivity index (χ1v) is 7.17. The number of anilines is 1. The first-order chi connectivity index (χ1) is 8.50. The van der Waals surface area contributed by atoms with Crippen molar-refractivity contribution < 1.29 is 0 Å². The SMILES string of the molecule is CC(C)(CN)Nc1ncc(-c2ccc(Br)s2)cn1. The second kappa shape index (κ2) is 5.34. The Balaban J connectivity index is 2.15. The number of nitrogens with two attached hydrogens (primary N) is 1. The molecule has 0 atom stereocenters. The van der Waals surface area contributed by atoms with Crippen molar-refractivity contribution >= 4 is 33.2 Å². The molecule has 2 heterocycles. The van der Waals surface area contributed by atoms with Gasteiger partial charge in [-0.25, -0.2) is 9.97 Å². The summed E-state index contributed by atoms with van der Waals surface area (Å²) in [7, 11) is 0. The van der Waals surface area contributed by atoms with Crippen LogP contribution in [0.3, 0.4) is 0 Å². The molecular formula is C12H15BrN4S. The van der Waals surface area contributed by atoms with Crippen molar-refractivity contribution in [3.05, 3.63) is 28.3 Å². The smallest absolute Gasteiger partial charge is 0.223 e. The fourth-order valence-corrected chi connectivity index (χ4v) is 2.70. The lowest BCUT2D eigenvalue weighted by Gasteiger charge is -2.23. The summed E-state index contributed by atoms with van der Waals surface area (Å²) in [6, 6.07) is 4.06. The Bertz CT molecular complexity index is 521. The van der Waals surface area contributed by atoms with Crippen molar-refractivity contribution in [2.24, 2.45) is 5.73 Å². The molecule has 18 heavy (non-hydrogen) atoms. The van der Waals surface area contributed by atoms with E-state index >= 15 is 0 Å². The van der Waals surface area contributed by atoms with E-state index in [1.807, 2.05) is 38.4 Å². The molecule has 0 amide bonds. The van der Waals surface area contributed by atoms with Crippen LogP contribution in [0.5, 0.6) is 0 Å². The third-order valence-corrected chi connectivity index (χ3v) is 4.14. The van der Waals surface area contributed by atoms with Crippen LogP contribution in [-0.2, 0) is 0 Å². The third kappa shape index (κ3) is 3.28. The van der Waals surface area contributed by atoms with Crippen LogP contribution < -0.4 is 11.1 Å². The predicted molar refractivity (Wildman–Crippen MR) is 79.8 cm³/mol. The number of rotatable bonds is 4. The molecule has 0 radical (unpaired) electrons. The number of nitrogens with one attached hydrogen (secondary N) is 1. The van der Waals surface area contributed by atoms with Gasteiger partial charge < -0.3 is 11.1 Å². The maximum absolute atomic E-state index is 5.66. The van der Waals surface area contributed by atoms with Gasteiger partial charge in [0.1, 0.15) is 0 Å². The molecule has 0 bridgehead atoms. The number of hydrogen-bond acceptors (Lipinski definition) is 5. The highest BCUT2D eigenvalue weighted by Crippen LogP contribution is 2.30. The van der Waals surface area contributed by atoms with E-state index in [-0.39, 0.29) is 5.54 Å². The minimum Gasteiger partial charge on any atom is -0.348 e.